The predicted octanol–water partition coefficient (Wildman–Crippen LogP) is 20.5. The minimum absolute atomic E-state index is 0.877. The number of nitrogens with zero attached hydrogens (tertiary/aromatic N) is 3. The van der Waals surface area contributed by atoms with E-state index in [2.05, 4.69) is 275 Å². The van der Waals surface area contributed by atoms with Crippen LogP contribution in [0.4, 0.5) is 34.1 Å². The van der Waals surface area contributed by atoms with E-state index >= 15 is 0 Å². The molecule has 15 rings (SSSR count). The van der Waals surface area contributed by atoms with Crippen molar-refractivity contribution in [1.29, 1.82) is 0 Å². The van der Waals surface area contributed by atoms with Crippen LogP contribution in [0.2, 0.25) is 0 Å². The molecule has 5 heteroatoms. The summed E-state index contributed by atoms with van der Waals surface area (Å²) in [7, 11) is 0. The van der Waals surface area contributed by atoms with Gasteiger partial charge in [0.05, 0.1) is 22.4 Å². The fourth-order valence-electron chi connectivity index (χ4n) is 11.6. The second-order valence-electron chi connectivity index (χ2n) is 19.2. The van der Waals surface area contributed by atoms with Gasteiger partial charge in [-0.25, -0.2) is 0 Å². The van der Waals surface area contributed by atoms with E-state index in [9.17, 15) is 0 Å². The first-order chi connectivity index (χ1) is 37.2. The molecule has 0 radical (unpaired) electrons. The monoisotopic (exact) mass is 975 g/mol. The highest BCUT2D eigenvalue weighted by atomic mass is 32.1. The van der Waals surface area contributed by atoms with E-state index in [1.807, 2.05) is 23.5 Å². The third kappa shape index (κ3) is 7.12. The van der Waals surface area contributed by atoms with Crippen LogP contribution in [0.25, 0.3) is 103 Å². The van der Waals surface area contributed by atoms with Crippen molar-refractivity contribution < 1.29 is 4.42 Å². The van der Waals surface area contributed by atoms with Gasteiger partial charge in [0.2, 0.25) is 0 Å². The van der Waals surface area contributed by atoms with Gasteiger partial charge in [0.15, 0.2) is 0 Å². The summed E-state index contributed by atoms with van der Waals surface area (Å²) in [6, 6.07) is 99.1. The van der Waals surface area contributed by atoms with Crippen LogP contribution in [-0.2, 0) is 0 Å². The van der Waals surface area contributed by atoms with Gasteiger partial charge in [-0.1, -0.05) is 170 Å². The molecule has 0 aliphatic rings. The number of hydrogen-bond acceptors (Lipinski definition) is 4. The first kappa shape index (κ1) is 43.0. The maximum absolute atomic E-state index is 6.44. The Morgan fingerprint density at radius 2 is 0.880 bits per heavy atom. The normalized spacial score (nSPS) is 11.7. The number of anilines is 6. The van der Waals surface area contributed by atoms with Gasteiger partial charge >= 0.3 is 0 Å². The van der Waals surface area contributed by atoms with Crippen molar-refractivity contribution in [3.05, 3.63) is 273 Å². The van der Waals surface area contributed by atoms with Crippen molar-refractivity contribution in [2.24, 2.45) is 0 Å². The second-order valence-corrected chi connectivity index (χ2v) is 20.3. The molecule has 352 valence electrons. The van der Waals surface area contributed by atoms with Crippen LogP contribution in [0.3, 0.4) is 0 Å². The summed E-state index contributed by atoms with van der Waals surface area (Å²) in [6.45, 7) is 0. The van der Waals surface area contributed by atoms with E-state index in [1.54, 1.807) is 0 Å². The number of fused-ring (bicyclic) bond motifs is 10. The molecule has 12 aromatic carbocycles. The highest BCUT2D eigenvalue weighted by Gasteiger charge is 2.23. The van der Waals surface area contributed by atoms with Gasteiger partial charge < -0.3 is 18.8 Å². The Hall–Kier alpha value is -9.68. The summed E-state index contributed by atoms with van der Waals surface area (Å²) in [5.74, 6) is 0. The molecule has 4 nitrogen and oxygen atoms in total. The molecule has 0 aliphatic carbocycles. The summed E-state index contributed by atoms with van der Waals surface area (Å²) in [5.41, 5.74) is 16.3. The van der Waals surface area contributed by atoms with Gasteiger partial charge in [-0.3, -0.25) is 0 Å². The molecule has 0 bridgehead atoms. The summed E-state index contributed by atoms with van der Waals surface area (Å²) >= 11 is 1.85. The molecule has 0 spiro atoms. The summed E-state index contributed by atoms with van der Waals surface area (Å²) in [5, 5.41) is 9.54. The molecule has 0 aliphatic heterocycles. The van der Waals surface area contributed by atoms with Crippen molar-refractivity contribution in [2.75, 3.05) is 9.80 Å². The van der Waals surface area contributed by atoms with Crippen molar-refractivity contribution in [1.82, 2.24) is 4.57 Å². The van der Waals surface area contributed by atoms with Gasteiger partial charge in [-0.2, -0.15) is 0 Å². The molecule has 0 fully saturated rings. The minimum Gasteiger partial charge on any atom is -0.456 e. The number of benzene rings is 12. The topological polar surface area (TPSA) is 24.6 Å². The molecule has 0 saturated carbocycles. The zero-order chi connectivity index (χ0) is 49.4. The lowest BCUT2D eigenvalue weighted by Crippen LogP contribution is -2.13. The number of rotatable bonds is 9. The van der Waals surface area contributed by atoms with Gasteiger partial charge in [-0.15, -0.1) is 11.3 Å². The molecular weight excluding hydrogens is 931 g/mol. The average molecular weight is 976 g/mol. The third-order valence-corrected chi connectivity index (χ3v) is 16.1. The molecule has 15 aromatic rings. The number of para-hydroxylation sites is 3. The number of hydrogen-bond donors (Lipinski definition) is 0. The largest absolute Gasteiger partial charge is 0.456 e. The van der Waals surface area contributed by atoms with Gasteiger partial charge in [-0.05, 0) is 125 Å². The lowest BCUT2D eigenvalue weighted by atomic mass is 9.96. The molecule has 0 unspecified atom stereocenters. The van der Waals surface area contributed by atoms with Crippen LogP contribution in [0.15, 0.2) is 277 Å². The van der Waals surface area contributed by atoms with Crippen LogP contribution in [0.5, 0.6) is 0 Å². The van der Waals surface area contributed by atoms with Crippen LogP contribution < -0.4 is 9.80 Å². The van der Waals surface area contributed by atoms with Gasteiger partial charge in [0, 0.05) is 81.6 Å². The first-order valence-electron chi connectivity index (χ1n) is 25.5. The van der Waals surface area contributed by atoms with Crippen molar-refractivity contribution in [2.45, 2.75) is 0 Å². The number of aromatic nitrogens is 1. The highest BCUT2D eigenvalue weighted by molar-refractivity contribution is 7.26. The fourth-order valence-corrected chi connectivity index (χ4v) is 12.7. The van der Waals surface area contributed by atoms with Crippen LogP contribution in [0, 0.1) is 0 Å². The van der Waals surface area contributed by atoms with E-state index in [4.69, 9.17) is 4.42 Å². The maximum atomic E-state index is 6.44. The Bertz CT molecular complexity index is 4680. The Balaban J connectivity index is 0.912. The molecule has 75 heavy (non-hydrogen) atoms. The van der Waals surface area contributed by atoms with E-state index in [-0.39, 0.29) is 0 Å². The Labute approximate surface area is 437 Å². The molecule has 0 atom stereocenters. The summed E-state index contributed by atoms with van der Waals surface area (Å²) in [6.07, 6.45) is 0. The second kappa shape index (κ2) is 17.5. The lowest BCUT2D eigenvalue weighted by molar-refractivity contribution is 0.668. The Kier molecular flexibility index (Phi) is 10.0. The molecule has 0 N–H and O–H groups in total. The predicted molar refractivity (Wildman–Crippen MR) is 319 cm³/mol. The van der Waals surface area contributed by atoms with Crippen molar-refractivity contribution in [3.8, 4) is 27.9 Å². The Morgan fingerprint density at radius 3 is 1.72 bits per heavy atom. The van der Waals surface area contributed by atoms with E-state index in [0.717, 1.165) is 83.9 Å². The van der Waals surface area contributed by atoms with E-state index in [0.29, 0.717) is 0 Å². The Morgan fingerprint density at radius 1 is 0.307 bits per heavy atom. The van der Waals surface area contributed by atoms with Crippen molar-refractivity contribution >= 4 is 120 Å². The molecular formula is C70H45N3OS. The van der Waals surface area contributed by atoms with Crippen LogP contribution in [-0.4, -0.2) is 4.57 Å². The smallest absolute Gasteiger partial charge is 0.137 e. The molecule has 3 heterocycles. The zero-order valence-corrected chi connectivity index (χ0v) is 41.5. The van der Waals surface area contributed by atoms with E-state index in [1.165, 1.54) is 52.8 Å². The zero-order valence-electron chi connectivity index (χ0n) is 40.6. The van der Waals surface area contributed by atoms with Crippen LogP contribution >= 0.6 is 11.3 Å². The standard InChI is InChI=1S/C70H45N3OS/c1-3-18-46(19-4-1)54-40-41-63(56-27-8-7-26-55(54)56)71(49-21-5-2-6-22-49)51-24-16-25-52(44-51)72(64-32-17-35-69-70(64)61-30-11-14-34-68(61)75-69)50-23-15-20-47(42-50)48-36-38-58-57-28-9-12-31-62(57)73(65(58)43-48)53-37-39-60-59-29-10-13-33-66(59)74-67(60)45-53/h1-45H. The average Bonchev–Trinajstić information content (AvgIpc) is 4.19. The van der Waals surface area contributed by atoms with Crippen molar-refractivity contribution in [3.63, 3.8) is 0 Å². The quantitative estimate of drug-likeness (QED) is 0.144. The first-order valence-corrected chi connectivity index (χ1v) is 26.3. The lowest BCUT2D eigenvalue weighted by Gasteiger charge is -2.31. The maximum Gasteiger partial charge on any atom is 0.137 e. The molecule has 0 saturated heterocycles. The number of thiophene rings is 1. The summed E-state index contributed by atoms with van der Waals surface area (Å²) < 4.78 is 11.4. The van der Waals surface area contributed by atoms with Gasteiger partial charge in [0.1, 0.15) is 11.2 Å². The highest BCUT2D eigenvalue weighted by Crippen LogP contribution is 2.48. The third-order valence-electron chi connectivity index (χ3n) is 14.9. The minimum atomic E-state index is 0.877. The molecule has 3 aromatic heterocycles. The molecule has 0 amide bonds. The van der Waals surface area contributed by atoms with Gasteiger partial charge in [0.25, 0.3) is 0 Å². The fraction of sp³-hybridized carbons (Fsp3) is 0. The number of furan rings is 1. The SMILES string of the molecule is c1ccc(-c2ccc(N(c3ccccc3)c3cccc(N(c4cccc(-c5ccc6c7ccccc7n(-c7ccc8c(c7)oc7ccccc78)c6c5)c4)c4cccc5sc6ccccc6c45)c3)c3ccccc23)cc1. The summed E-state index contributed by atoms with van der Waals surface area (Å²) in [4.78, 5) is 4.88. The van der Waals surface area contributed by atoms with Crippen LogP contribution in [0.1, 0.15) is 0 Å². The van der Waals surface area contributed by atoms with E-state index < -0.39 is 0 Å².